The van der Waals surface area contributed by atoms with E-state index in [0.29, 0.717) is 6.54 Å². The number of halogens is 1. The van der Waals surface area contributed by atoms with E-state index in [1.165, 1.54) is 6.07 Å². The summed E-state index contributed by atoms with van der Waals surface area (Å²) in [5.41, 5.74) is 5.77. The van der Waals surface area contributed by atoms with Crippen LogP contribution in [-0.4, -0.2) is 37.0 Å². The SMILES string of the molecule is NCCN1CCC(C(=O)Nc2ccccc2F)CC1. The van der Waals surface area contributed by atoms with Crippen molar-refractivity contribution in [2.45, 2.75) is 12.8 Å². The average molecular weight is 265 g/mol. The van der Waals surface area contributed by atoms with Crippen LogP contribution in [0.1, 0.15) is 12.8 Å². The Morgan fingerprint density at radius 2 is 2.05 bits per heavy atom. The van der Waals surface area contributed by atoms with Gasteiger partial charge in [-0.3, -0.25) is 4.79 Å². The highest BCUT2D eigenvalue weighted by Crippen LogP contribution is 2.20. The smallest absolute Gasteiger partial charge is 0.227 e. The number of likely N-dealkylation sites (tertiary alicyclic amines) is 1. The molecule has 0 aromatic heterocycles. The molecule has 0 atom stereocenters. The van der Waals surface area contributed by atoms with E-state index in [-0.39, 0.29) is 17.5 Å². The number of para-hydroxylation sites is 1. The lowest BCUT2D eigenvalue weighted by Crippen LogP contribution is -2.40. The number of nitrogens with two attached hydrogens (primary N) is 1. The van der Waals surface area contributed by atoms with Gasteiger partial charge in [0, 0.05) is 19.0 Å². The van der Waals surface area contributed by atoms with E-state index >= 15 is 0 Å². The van der Waals surface area contributed by atoms with Crippen LogP contribution in [0.5, 0.6) is 0 Å². The van der Waals surface area contributed by atoms with Gasteiger partial charge in [0.25, 0.3) is 0 Å². The van der Waals surface area contributed by atoms with Crippen molar-refractivity contribution in [1.82, 2.24) is 4.90 Å². The van der Waals surface area contributed by atoms with Crippen molar-refractivity contribution in [1.29, 1.82) is 0 Å². The largest absolute Gasteiger partial charge is 0.329 e. The van der Waals surface area contributed by atoms with Crippen molar-refractivity contribution in [2.24, 2.45) is 11.7 Å². The predicted molar refractivity (Wildman–Crippen MR) is 73.2 cm³/mol. The Kier molecular flexibility index (Phi) is 4.87. The fraction of sp³-hybridized carbons (Fsp3) is 0.500. The molecule has 1 aliphatic rings. The van der Waals surface area contributed by atoms with Gasteiger partial charge in [0.15, 0.2) is 0 Å². The first-order chi connectivity index (χ1) is 9.20. The Morgan fingerprint density at radius 3 is 2.68 bits per heavy atom. The molecule has 0 unspecified atom stereocenters. The van der Waals surface area contributed by atoms with Crippen molar-refractivity contribution < 1.29 is 9.18 Å². The monoisotopic (exact) mass is 265 g/mol. The quantitative estimate of drug-likeness (QED) is 0.866. The third kappa shape index (κ3) is 3.75. The maximum Gasteiger partial charge on any atom is 0.227 e. The number of piperidine rings is 1. The molecule has 0 spiro atoms. The van der Waals surface area contributed by atoms with Crippen LogP contribution in [-0.2, 0) is 4.79 Å². The number of hydrogen-bond donors (Lipinski definition) is 2. The van der Waals surface area contributed by atoms with Gasteiger partial charge in [0.1, 0.15) is 5.82 Å². The first-order valence-corrected chi connectivity index (χ1v) is 6.68. The van der Waals surface area contributed by atoms with Crippen LogP contribution < -0.4 is 11.1 Å². The summed E-state index contributed by atoms with van der Waals surface area (Å²) in [4.78, 5) is 14.3. The maximum absolute atomic E-state index is 13.4. The van der Waals surface area contributed by atoms with Crippen molar-refractivity contribution in [3.63, 3.8) is 0 Å². The molecule has 0 saturated carbocycles. The third-order valence-electron chi connectivity index (χ3n) is 3.54. The number of benzene rings is 1. The van der Waals surface area contributed by atoms with E-state index in [2.05, 4.69) is 10.2 Å². The van der Waals surface area contributed by atoms with E-state index in [9.17, 15) is 9.18 Å². The summed E-state index contributed by atoms with van der Waals surface area (Å²) < 4.78 is 13.4. The van der Waals surface area contributed by atoms with Crippen LogP contribution in [0, 0.1) is 11.7 Å². The summed E-state index contributed by atoms with van der Waals surface area (Å²) >= 11 is 0. The van der Waals surface area contributed by atoms with E-state index in [0.717, 1.165) is 32.5 Å². The maximum atomic E-state index is 13.4. The van der Waals surface area contributed by atoms with Crippen LogP contribution in [0.4, 0.5) is 10.1 Å². The molecule has 5 heteroatoms. The van der Waals surface area contributed by atoms with Gasteiger partial charge in [-0.1, -0.05) is 12.1 Å². The van der Waals surface area contributed by atoms with Crippen molar-refractivity contribution in [3.8, 4) is 0 Å². The van der Waals surface area contributed by atoms with Gasteiger partial charge < -0.3 is 16.0 Å². The molecule has 1 fully saturated rings. The van der Waals surface area contributed by atoms with Gasteiger partial charge in [-0.25, -0.2) is 4.39 Å². The number of amides is 1. The zero-order valence-electron chi connectivity index (χ0n) is 10.9. The fourth-order valence-electron chi connectivity index (χ4n) is 2.40. The molecule has 19 heavy (non-hydrogen) atoms. The van der Waals surface area contributed by atoms with Gasteiger partial charge in [0.2, 0.25) is 5.91 Å². The first kappa shape index (κ1) is 14.0. The molecule has 0 radical (unpaired) electrons. The highest BCUT2D eigenvalue weighted by Gasteiger charge is 2.24. The normalized spacial score (nSPS) is 17.4. The molecule has 4 nitrogen and oxygen atoms in total. The number of rotatable bonds is 4. The summed E-state index contributed by atoms with van der Waals surface area (Å²) in [6.07, 6.45) is 1.61. The van der Waals surface area contributed by atoms with E-state index in [4.69, 9.17) is 5.73 Å². The highest BCUT2D eigenvalue weighted by molar-refractivity contribution is 5.92. The lowest BCUT2D eigenvalue weighted by Gasteiger charge is -2.30. The Bertz CT molecular complexity index is 430. The number of anilines is 1. The van der Waals surface area contributed by atoms with Gasteiger partial charge >= 0.3 is 0 Å². The van der Waals surface area contributed by atoms with Crippen LogP contribution in [0.2, 0.25) is 0 Å². The first-order valence-electron chi connectivity index (χ1n) is 6.68. The number of carbonyl (C=O) groups excluding carboxylic acids is 1. The third-order valence-corrected chi connectivity index (χ3v) is 3.54. The Hall–Kier alpha value is -1.46. The van der Waals surface area contributed by atoms with Gasteiger partial charge in [-0.15, -0.1) is 0 Å². The zero-order valence-corrected chi connectivity index (χ0v) is 10.9. The Balaban J connectivity index is 1.87. The second-order valence-electron chi connectivity index (χ2n) is 4.87. The summed E-state index contributed by atoms with van der Waals surface area (Å²) in [7, 11) is 0. The molecule has 2 rings (SSSR count). The van der Waals surface area contributed by atoms with E-state index < -0.39 is 5.82 Å². The minimum Gasteiger partial charge on any atom is -0.329 e. The lowest BCUT2D eigenvalue weighted by atomic mass is 9.96. The molecule has 1 saturated heterocycles. The minimum absolute atomic E-state index is 0.0337. The second kappa shape index (κ2) is 6.63. The molecule has 0 bridgehead atoms. The van der Waals surface area contributed by atoms with Crippen LogP contribution in [0.25, 0.3) is 0 Å². The summed E-state index contributed by atoms with van der Waals surface area (Å²) in [5, 5.41) is 2.67. The summed E-state index contributed by atoms with van der Waals surface area (Å²) in [6.45, 7) is 3.28. The second-order valence-corrected chi connectivity index (χ2v) is 4.87. The Morgan fingerprint density at radius 1 is 1.37 bits per heavy atom. The molecule has 1 heterocycles. The number of carbonyl (C=O) groups is 1. The van der Waals surface area contributed by atoms with Crippen molar-refractivity contribution >= 4 is 11.6 Å². The molecular formula is C14H20FN3O. The molecule has 3 N–H and O–H groups in total. The van der Waals surface area contributed by atoms with Crippen LogP contribution in [0.3, 0.4) is 0 Å². The molecule has 104 valence electrons. The van der Waals surface area contributed by atoms with Crippen molar-refractivity contribution in [3.05, 3.63) is 30.1 Å². The van der Waals surface area contributed by atoms with E-state index in [1.54, 1.807) is 18.2 Å². The van der Waals surface area contributed by atoms with Crippen LogP contribution in [0.15, 0.2) is 24.3 Å². The highest BCUT2D eigenvalue weighted by atomic mass is 19.1. The fourth-order valence-corrected chi connectivity index (χ4v) is 2.40. The van der Waals surface area contributed by atoms with Crippen LogP contribution >= 0.6 is 0 Å². The number of nitrogens with zero attached hydrogens (tertiary/aromatic N) is 1. The van der Waals surface area contributed by atoms with Gasteiger partial charge in [-0.2, -0.15) is 0 Å². The predicted octanol–water partition coefficient (Wildman–Crippen LogP) is 1.43. The molecular weight excluding hydrogens is 245 g/mol. The zero-order chi connectivity index (χ0) is 13.7. The average Bonchev–Trinajstić information content (AvgIpc) is 2.42. The number of nitrogens with one attached hydrogen (secondary N) is 1. The topological polar surface area (TPSA) is 58.4 Å². The summed E-state index contributed by atoms with van der Waals surface area (Å²) in [5.74, 6) is -0.512. The molecule has 1 aliphatic heterocycles. The molecule has 1 aromatic carbocycles. The standard InChI is InChI=1S/C14H20FN3O/c15-12-3-1-2-4-13(12)17-14(19)11-5-8-18(9-6-11)10-7-16/h1-4,11H,5-10,16H2,(H,17,19). The Labute approximate surface area is 112 Å². The van der Waals surface area contributed by atoms with E-state index in [1.807, 2.05) is 0 Å². The molecule has 1 amide bonds. The van der Waals surface area contributed by atoms with Gasteiger partial charge in [-0.05, 0) is 38.1 Å². The summed E-state index contributed by atoms with van der Waals surface area (Å²) in [6, 6.07) is 6.25. The molecule has 1 aromatic rings. The van der Waals surface area contributed by atoms with Crippen molar-refractivity contribution in [2.75, 3.05) is 31.5 Å². The number of hydrogen-bond acceptors (Lipinski definition) is 3. The minimum atomic E-state index is -0.392. The lowest BCUT2D eigenvalue weighted by molar-refractivity contribution is -0.121. The van der Waals surface area contributed by atoms with Gasteiger partial charge in [0.05, 0.1) is 5.69 Å². The molecule has 0 aliphatic carbocycles.